The largest absolute Gasteiger partial charge is 0.504 e. The topological polar surface area (TPSA) is 83.3 Å². The predicted octanol–water partition coefficient (Wildman–Crippen LogP) is 0.962. The maximum atomic E-state index is 10.5. The molecule has 0 aliphatic carbocycles. The number of nitrogens with zero attached hydrogens (tertiary/aromatic N) is 2. The van der Waals surface area contributed by atoms with Crippen molar-refractivity contribution in [3.63, 3.8) is 0 Å². The zero-order valence-corrected chi connectivity index (χ0v) is 7.71. The highest BCUT2D eigenvalue weighted by Gasteiger charge is 2.11. The summed E-state index contributed by atoms with van der Waals surface area (Å²) < 4.78 is 0. The lowest BCUT2D eigenvalue weighted by Gasteiger charge is -2.03. The summed E-state index contributed by atoms with van der Waals surface area (Å²) in [6.07, 6.45) is 2.73. The number of fused-ring (bicyclic) bond motifs is 1. The van der Waals surface area contributed by atoms with Crippen LogP contribution in [-0.2, 0) is 11.2 Å². The fourth-order valence-corrected chi connectivity index (χ4v) is 1.34. The molecular formula is C10H8N2O3. The van der Waals surface area contributed by atoms with E-state index in [1.54, 1.807) is 12.1 Å². The van der Waals surface area contributed by atoms with Gasteiger partial charge in [0.15, 0.2) is 5.75 Å². The van der Waals surface area contributed by atoms with E-state index in [0.29, 0.717) is 10.9 Å². The third-order valence-corrected chi connectivity index (χ3v) is 2.01. The number of aromatic hydroxyl groups is 1. The van der Waals surface area contributed by atoms with Gasteiger partial charge in [-0.2, -0.15) is 0 Å². The summed E-state index contributed by atoms with van der Waals surface area (Å²) in [6, 6.07) is 3.47. The highest BCUT2D eigenvalue weighted by atomic mass is 16.4. The molecule has 0 aliphatic heterocycles. The van der Waals surface area contributed by atoms with Gasteiger partial charge in [-0.1, -0.05) is 0 Å². The summed E-state index contributed by atoms with van der Waals surface area (Å²) in [7, 11) is 0. The monoisotopic (exact) mass is 204 g/mol. The molecule has 0 radical (unpaired) electrons. The van der Waals surface area contributed by atoms with E-state index in [2.05, 4.69) is 9.97 Å². The molecule has 0 fully saturated rings. The maximum absolute atomic E-state index is 10.5. The van der Waals surface area contributed by atoms with Crippen LogP contribution in [0.5, 0.6) is 5.75 Å². The van der Waals surface area contributed by atoms with Crippen LogP contribution in [0.3, 0.4) is 0 Å². The van der Waals surface area contributed by atoms with Crippen LogP contribution < -0.4 is 0 Å². The molecule has 2 rings (SSSR count). The molecule has 0 unspecified atom stereocenters. The van der Waals surface area contributed by atoms with Crippen molar-refractivity contribution in [3.8, 4) is 5.75 Å². The Labute approximate surface area is 85.0 Å². The second-order valence-corrected chi connectivity index (χ2v) is 3.07. The molecule has 0 aromatic carbocycles. The number of pyridine rings is 2. The van der Waals surface area contributed by atoms with Gasteiger partial charge in [-0.15, -0.1) is 0 Å². The highest BCUT2D eigenvalue weighted by molar-refractivity contribution is 5.85. The molecular weight excluding hydrogens is 196 g/mol. The second kappa shape index (κ2) is 3.53. The van der Waals surface area contributed by atoms with E-state index in [9.17, 15) is 9.90 Å². The minimum atomic E-state index is -1.03. The first-order chi connectivity index (χ1) is 7.18. The first kappa shape index (κ1) is 9.39. The van der Waals surface area contributed by atoms with E-state index in [-0.39, 0.29) is 17.9 Å². The van der Waals surface area contributed by atoms with Crippen molar-refractivity contribution in [1.29, 1.82) is 0 Å². The van der Waals surface area contributed by atoms with Crippen LogP contribution in [-0.4, -0.2) is 26.2 Å². The van der Waals surface area contributed by atoms with Crippen LogP contribution in [0.4, 0.5) is 0 Å². The molecule has 0 saturated carbocycles. The smallest absolute Gasteiger partial charge is 0.309 e. The number of aromatic nitrogens is 2. The molecule has 2 aromatic heterocycles. The van der Waals surface area contributed by atoms with Crippen molar-refractivity contribution in [2.24, 2.45) is 0 Å². The van der Waals surface area contributed by atoms with Gasteiger partial charge < -0.3 is 10.2 Å². The number of carboxylic acid groups (broad SMARTS) is 1. The first-order valence-corrected chi connectivity index (χ1v) is 4.32. The number of rotatable bonds is 2. The predicted molar refractivity (Wildman–Crippen MR) is 52.5 cm³/mol. The van der Waals surface area contributed by atoms with Gasteiger partial charge in [0.25, 0.3) is 0 Å². The average molecular weight is 204 g/mol. The standard InChI is InChI=1S/C10H8N2O3/c13-8(14)4-7-10(15)9-6(5-12-7)2-1-3-11-9/h1-3,5,15H,4H2,(H,13,14). The van der Waals surface area contributed by atoms with Gasteiger partial charge in [0.1, 0.15) is 5.52 Å². The van der Waals surface area contributed by atoms with Gasteiger partial charge >= 0.3 is 5.97 Å². The molecule has 0 spiro atoms. The lowest BCUT2D eigenvalue weighted by Crippen LogP contribution is -2.02. The number of hydrogen-bond donors (Lipinski definition) is 2. The van der Waals surface area contributed by atoms with Gasteiger partial charge in [-0.05, 0) is 12.1 Å². The minimum Gasteiger partial charge on any atom is -0.504 e. The molecule has 0 atom stereocenters. The Hall–Kier alpha value is -2.17. The van der Waals surface area contributed by atoms with Crippen molar-refractivity contribution in [2.75, 3.05) is 0 Å². The van der Waals surface area contributed by atoms with E-state index < -0.39 is 5.97 Å². The molecule has 2 N–H and O–H groups in total. The van der Waals surface area contributed by atoms with Gasteiger partial charge in [0.05, 0.1) is 12.1 Å². The third-order valence-electron chi connectivity index (χ3n) is 2.01. The van der Waals surface area contributed by atoms with E-state index in [1.807, 2.05) is 0 Å². The number of carbonyl (C=O) groups is 1. The fraction of sp³-hybridized carbons (Fsp3) is 0.100. The summed E-state index contributed by atoms with van der Waals surface area (Å²) in [6.45, 7) is 0. The van der Waals surface area contributed by atoms with Gasteiger partial charge in [0.2, 0.25) is 0 Å². The Morgan fingerprint density at radius 2 is 2.20 bits per heavy atom. The molecule has 5 heteroatoms. The number of hydrogen-bond acceptors (Lipinski definition) is 4. The maximum Gasteiger partial charge on any atom is 0.309 e. The Kier molecular flexibility index (Phi) is 2.21. The molecule has 0 amide bonds. The van der Waals surface area contributed by atoms with Crippen molar-refractivity contribution < 1.29 is 15.0 Å². The van der Waals surface area contributed by atoms with Crippen LogP contribution in [0.2, 0.25) is 0 Å². The van der Waals surface area contributed by atoms with Gasteiger partial charge in [-0.25, -0.2) is 0 Å². The summed E-state index contributed by atoms with van der Waals surface area (Å²) in [5.41, 5.74) is 0.512. The zero-order chi connectivity index (χ0) is 10.8. The molecule has 0 bridgehead atoms. The van der Waals surface area contributed by atoms with E-state index in [4.69, 9.17) is 5.11 Å². The lowest BCUT2D eigenvalue weighted by molar-refractivity contribution is -0.136. The molecule has 15 heavy (non-hydrogen) atoms. The normalized spacial score (nSPS) is 10.4. The van der Waals surface area contributed by atoms with E-state index in [1.165, 1.54) is 12.4 Å². The molecule has 5 nitrogen and oxygen atoms in total. The van der Waals surface area contributed by atoms with Crippen molar-refractivity contribution in [2.45, 2.75) is 6.42 Å². The Morgan fingerprint density at radius 1 is 1.40 bits per heavy atom. The molecule has 0 saturated heterocycles. The van der Waals surface area contributed by atoms with Gasteiger partial charge in [0, 0.05) is 17.8 Å². The van der Waals surface area contributed by atoms with Crippen LogP contribution in [0.15, 0.2) is 24.5 Å². The summed E-state index contributed by atoms with van der Waals surface area (Å²) >= 11 is 0. The Bertz CT molecular complexity index is 525. The number of carboxylic acids is 1. The van der Waals surface area contributed by atoms with Crippen molar-refractivity contribution in [3.05, 3.63) is 30.2 Å². The highest BCUT2D eigenvalue weighted by Crippen LogP contribution is 2.24. The molecule has 2 heterocycles. The Balaban J connectivity index is 2.59. The zero-order valence-electron chi connectivity index (χ0n) is 7.71. The Morgan fingerprint density at radius 3 is 2.93 bits per heavy atom. The second-order valence-electron chi connectivity index (χ2n) is 3.07. The quantitative estimate of drug-likeness (QED) is 0.761. The number of aliphatic carboxylic acids is 1. The third kappa shape index (κ3) is 1.71. The van der Waals surface area contributed by atoms with Crippen LogP contribution in [0.1, 0.15) is 5.69 Å². The minimum absolute atomic E-state index is 0.133. The fourth-order valence-electron chi connectivity index (χ4n) is 1.34. The van der Waals surface area contributed by atoms with Crippen molar-refractivity contribution in [1.82, 2.24) is 9.97 Å². The van der Waals surface area contributed by atoms with Crippen molar-refractivity contribution >= 4 is 16.9 Å². The SMILES string of the molecule is O=C(O)Cc1ncc2cccnc2c1O. The molecule has 76 valence electrons. The van der Waals surface area contributed by atoms with Crippen LogP contribution in [0, 0.1) is 0 Å². The summed E-state index contributed by atoms with van der Waals surface area (Å²) in [4.78, 5) is 18.3. The van der Waals surface area contributed by atoms with E-state index in [0.717, 1.165) is 0 Å². The first-order valence-electron chi connectivity index (χ1n) is 4.32. The summed E-state index contributed by atoms with van der Waals surface area (Å²) in [5, 5.41) is 19.0. The summed E-state index contributed by atoms with van der Waals surface area (Å²) in [5.74, 6) is -1.19. The molecule has 0 aliphatic rings. The van der Waals surface area contributed by atoms with Crippen LogP contribution in [0.25, 0.3) is 10.9 Å². The average Bonchev–Trinajstić information content (AvgIpc) is 2.22. The molecule has 2 aromatic rings. The van der Waals surface area contributed by atoms with Crippen LogP contribution >= 0.6 is 0 Å². The lowest BCUT2D eigenvalue weighted by atomic mass is 10.2. The van der Waals surface area contributed by atoms with Gasteiger partial charge in [-0.3, -0.25) is 14.8 Å². The van der Waals surface area contributed by atoms with E-state index >= 15 is 0 Å².